The van der Waals surface area contributed by atoms with Crippen molar-refractivity contribution in [3.63, 3.8) is 0 Å². The number of aliphatic hydroxyl groups is 1. The molecule has 1 N–H and O–H groups in total. The summed E-state index contributed by atoms with van der Waals surface area (Å²) >= 11 is 0. The third-order valence-corrected chi connectivity index (χ3v) is 8.71. The normalized spacial score (nSPS) is 19.8. The lowest BCUT2D eigenvalue weighted by Crippen LogP contribution is -2.46. The van der Waals surface area contributed by atoms with Crippen LogP contribution in [0.1, 0.15) is 109 Å². The molecule has 0 aromatic heterocycles. The van der Waals surface area contributed by atoms with Crippen LogP contribution in [0.4, 0.5) is 0 Å². The van der Waals surface area contributed by atoms with Gasteiger partial charge in [-0.3, -0.25) is 0 Å². The Morgan fingerprint density at radius 3 is 1.93 bits per heavy atom. The third-order valence-electron chi connectivity index (χ3n) is 8.71. The molecule has 0 amide bonds. The minimum Gasteiger partial charge on any atom is -0.550 e. The quantitative estimate of drug-likeness (QED) is 0.0802. The van der Waals surface area contributed by atoms with Gasteiger partial charge in [-0.2, -0.15) is 0 Å². The molecule has 1 aliphatic carbocycles. The summed E-state index contributed by atoms with van der Waals surface area (Å²) in [7, 11) is 4.29. The summed E-state index contributed by atoms with van der Waals surface area (Å²) in [4.78, 5) is 23.1. The number of hydrogen-bond donors (Lipinski definition) is 1. The summed E-state index contributed by atoms with van der Waals surface area (Å²) in [6, 6.07) is 9.33. The lowest BCUT2D eigenvalue weighted by molar-refractivity contribution is -0.879. The van der Waals surface area contributed by atoms with Crippen LogP contribution in [0.2, 0.25) is 0 Å². The van der Waals surface area contributed by atoms with Gasteiger partial charge in [0.1, 0.15) is 6.54 Å². The van der Waals surface area contributed by atoms with Crippen LogP contribution in [0.5, 0.6) is 0 Å². The zero-order valence-electron chi connectivity index (χ0n) is 28.2. The van der Waals surface area contributed by atoms with E-state index in [1.165, 1.54) is 25.7 Å². The highest BCUT2D eigenvalue weighted by Gasteiger charge is 2.49. The van der Waals surface area contributed by atoms with Crippen molar-refractivity contribution in [2.75, 3.05) is 27.2 Å². The van der Waals surface area contributed by atoms with Gasteiger partial charge in [-0.25, -0.2) is 4.79 Å². The van der Waals surface area contributed by atoms with E-state index in [4.69, 9.17) is 4.74 Å². The number of benzene rings is 1. The van der Waals surface area contributed by atoms with Crippen LogP contribution in [-0.2, 0) is 19.9 Å². The van der Waals surface area contributed by atoms with E-state index in [1.807, 2.05) is 36.4 Å². The van der Waals surface area contributed by atoms with Crippen LogP contribution in [0, 0.1) is 5.92 Å². The molecule has 2 aliphatic rings. The van der Waals surface area contributed by atoms with Gasteiger partial charge in [0, 0.05) is 18.3 Å². The first-order chi connectivity index (χ1) is 21.7. The lowest BCUT2D eigenvalue weighted by atomic mass is 9.80. The maximum absolute atomic E-state index is 12.9. The van der Waals surface area contributed by atoms with Crippen LogP contribution in [-0.4, -0.2) is 54.8 Å². The number of carbonyl (C=O) groups excluding carboxylic acids is 2. The first-order valence-electron chi connectivity index (χ1n) is 17.3. The second-order valence-corrected chi connectivity index (χ2v) is 13.1. The number of carbonyl (C=O) groups is 2. The maximum Gasteiger partial charge on any atom is 0.343 e. The molecule has 1 aromatic carbocycles. The van der Waals surface area contributed by atoms with Crippen LogP contribution in [0.3, 0.4) is 0 Å². The van der Waals surface area contributed by atoms with Gasteiger partial charge in [0.2, 0.25) is 0 Å². The van der Waals surface area contributed by atoms with Gasteiger partial charge in [0.15, 0.2) is 11.7 Å². The van der Waals surface area contributed by atoms with Crippen molar-refractivity contribution in [3.05, 3.63) is 84.5 Å². The predicted molar refractivity (Wildman–Crippen MR) is 182 cm³/mol. The van der Waals surface area contributed by atoms with Gasteiger partial charge in [0.05, 0.1) is 20.6 Å². The van der Waals surface area contributed by atoms with Crippen molar-refractivity contribution in [1.29, 1.82) is 0 Å². The fraction of sp³-hybridized carbons (Fsp3) is 0.590. The van der Waals surface area contributed by atoms with Gasteiger partial charge in [-0.1, -0.05) is 112 Å². The van der Waals surface area contributed by atoms with Crippen molar-refractivity contribution >= 4 is 11.9 Å². The standard InChI is InChI=1S/C20H32O2.C19H28NO3/c1-2-3-4-5-6-7-8-9-10-11-12-13-14-15-16-17-18-19-20(21)22;1-20(2)13-12-17(14-20)23-18(21)19(22,16-10-6-7-11-16)15-8-4-3-5-9-15/h6-7,9-10,12-13,15-16H,2-5,8,11,14,17-19H2,1H3,(H,21,22);3-5,8-9,16-17,22H,6-7,10-14H2,1-2H3/q;+1/p-1/b7-6-,10-9-,13-12-,16-15-;. The van der Waals surface area contributed by atoms with Gasteiger partial charge >= 0.3 is 5.97 Å². The van der Waals surface area contributed by atoms with E-state index in [0.29, 0.717) is 12.0 Å². The summed E-state index contributed by atoms with van der Waals surface area (Å²) in [5.41, 5.74) is -0.832. The fourth-order valence-corrected chi connectivity index (χ4v) is 6.05. The Kier molecular flexibility index (Phi) is 18.4. The molecule has 1 aromatic rings. The largest absolute Gasteiger partial charge is 0.550 e. The number of unbranched alkanes of at least 4 members (excludes halogenated alkanes) is 4. The molecule has 6 nitrogen and oxygen atoms in total. The monoisotopic (exact) mass is 621 g/mol. The Balaban J connectivity index is 0.000000314. The number of nitrogens with zero attached hydrogens (tertiary/aromatic N) is 1. The predicted octanol–water partition coefficient (Wildman–Crippen LogP) is 7.34. The third kappa shape index (κ3) is 15.3. The molecule has 2 unspecified atom stereocenters. The molecule has 250 valence electrons. The number of ether oxygens (including phenoxy) is 1. The number of aliphatic carboxylic acids is 1. The molecule has 1 aliphatic heterocycles. The Hall–Kier alpha value is -2.96. The maximum atomic E-state index is 12.9. The zero-order valence-corrected chi connectivity index (χ0v) is 28.2. The van der Waals surface area contributed by atoms with Crippen LogP contribution >= 0.6 is 0 Å². The molecule has 3 rings (SSSR count). The molecule has 0 spiro atoms. The van der Waals surface area contributed by atoms with Crippen molar-refractivity contribution < 1.29 is 29.0 Å². The summed E-state index contributed by atoms with van der Waals surface area (Å²) in [5, 5.41) is 21.6. The SMILES string of the molecule is CCCCC/C=C\C/C=C\C/C=C\C/C=C\CCCC(=O)[O-].C[N+]1(C)CCC(OC(=O)C(O)(c2ccccc2)C2CCCC2)C1. The van der Waals surface area contributed by atoms with E-state index < -0.39 is 17.5 Å². The van der Waals surface area contributed by atoms with E-state index in [1.54, 1.807) is 0 Å². The highest BCUT2D eigenvalue weighted by molar-refractivity contribution is 5.81. The minimum atomic E-state index is -1.50. The molecule has 45 heavy (non-hydrogen) atoms. The van der Waals surface area contributed by atoms with Crippen LogP contribution < -0.4 is 5.11 Å². The van der Waals surface area contributed by atoms with Gasteiger partial charge in [-0.15, -0.1) is 0 Å². The van der Waals surface area contributed by atoms with Crippen molar-refractivity contribution in [2.45, 2.75) is 115 Å². The highest BCUT2D eigenvalue weighted by Crippen LogP contribution is 2.42. The molecule has 0 radical (unpaired) electrons. The second-order valence-electron chi connectivity index (χ2n) is 13.1. The lowest BCUT2D eigenvalue weighted by Gasteiger charge is -2.33. The Morgan fingerprint density at radius 1 is 0.867 bits per heavy atom. The minimum absolute atomic E-state index is 0.0405. The number of likely N-dealkylation sites (N-methyl/N-ethyl adjacent to an activating group) is 1. The molecular formula is C39H59NO5. The Labute approximate surface area is 273 Å². The van der Waals surface area contributed by atoms with Crippen LogP contribution in [0.15, 0.2) is 78.9 Å². The van der Waals surface area contributed by atoms with E-state index in [0.717, 1.165) is 75.4 Å². The molecule has 2 atom stereocenters. The molecule has 6 heteroatoms. The number of carboxylic acids is 1. The van der Waals surface area contributed by atoms with E-state index in [2.05, 4.69) is 63.6 Å². The second kappa shape index (κ2) is 21.7. The molecule has 1 heterocycles. The molecule has 1 saturated heterocycles. The number of quaternary nitrogens is 1. The average molecular weight is 622 g/mol. The first kappa shape index (κ1) is 38.2. The summed E-state index contributed by atoms with van der Waals surface area (Å²) in [6.45, 7) is 4.05. The number of esters is 1. The van der Waals surface area contributed by atoms with E-state index in [-0.39, 0.29) is 18.4 Å². The molecule has 1 saturated carbocycles. The topological polar surface area (TPSA) is 86.7 Å². The first-order valence-corrected chi connectivity index (χ1v) is 17.3. The molecule has 2 fully saturated rings. The van der Waals surface area contributed by atoms with Crippen molar-refractivity contribution in [2.24, 2.45) is 5.92 Å². The van der Waals surface area contributed by atoms with Gasteiger partial charge in [-0.05, 0) is 69.8 Å². The zero-order chi connectivity index (χ0) is 32.8. The highest BCUT2D eigenvalue weighted by atomic mass is 16.6. The number of carboxylic acid groups (broad SMARTS) is 1. The average Bonchev–Trinajstić information content (AvgIpc) is 3.69. The summed E-state index contributed by atoms with van der Waals surface area (Å²) in [6.07, 6.45) is 31.7. The number of likely N-dealkylation sites (tertiary alicyclic amines) is 1. The van der Waals surface area contributed by atoms with Gasteiger partial charge < -0.3 is 24.2 Å². The van der Waals surface area contributed by atoms with Crippen molar-refractivity contribution in [1.82, 2.24) is 0 Å². The number of rotatable bonds is 18. The fourth-order valence-electron chi connectivity index (χ4n) is 6.05. The summed E-state index contributed by atoms with van der Waals surface area (Å²) < 4.78 is 6.64. The Bertz CT molecular complexity index is 1080. The molecular weight excluding hydrogens is 562 g/mol. The number of hydrogen-bond acceptors (Lipinski definition) is 5. The van der Waals surface area contributed by atoms with E-state index >= 15 is 0 Å². The van der Waals surface area contributed by atoms with Crippen molar-refractivity contribution in [3.8, 4) is 0 Å². The van der Waals surface area contributed by atoms with Gasteiger partial charge in [0.25, 0.3) is 0 Å². The van der Waals surface area contributed by atoms with Crippen LogP contribution in [0.25, 0.3) is 0 Å². The molecule has 0 bridgehead atoms. The smallest absolute Gasteiger partial charge is 0.343 e. The summed E-state index contributed by atoms with van der Waals surface area (Å²) in [5.74, 6) is -1.46. The number of allylic oxidation sites excluding steroid dienone is 8. The van der Waals surface area contributed by atoms with E-state index in [9.17, 15) is 19.8 Å². The Morgan fingerprint density at radius 2 is 1.42 bits per heavy atom.